The van der Waals surface area contributed by atoms with Gasteiger partial charge in [0.05, 0.1) is 5.02 Å². The summed E-state index contributed by atoms with van der Waals surface area (Å²) < 4.78 is 6.73. The molecule has 1 aromatic heterocycles. The molecule has 0 aliphatic carbocycles. The van der Waals surface area contributed by atoms with Gasteiger partial charge in [-0.25, -0.2) is 4.98 Å². The summed E-state index contributed by atoms with van der Waals surface area (Å²) in [5, 5.41) is 3.72. The third kappa shape index (κ3) is 3.47. The Morgan fingerprint density at radius 2 is 2.16 bits per heavy atom. The first-order chi connectivity index (χ1) is 9.11. The first-order valence-corrected chi connectivity index (χ1v) is 7.04. The highest BCUT2D eigenvalue weighted by Crippen LogP contribution is 2.33. The molecule has 0 aliphatic rings. The van der Waals surface area contributed by atoms with E-state index in [2.05, 4.69) is 26.2 Å². The minimum absolute atomic E-state index is 0.151. The third-order valence-corrected chi connectivity index (χ3v) is 3.59. The van der Waals surface area contributed by atoms with E-state index in [0.29, 0.717) is 16.7 Å². The molecule has 19 heavy (non-hydrogen) atoms. The van der Waals surface area contributed by atoms with Crippen molar-refractivity contribution in [3.05, 3.63) is 51.6 Å². The van der Waals surface area contributed by atoms with Crippen LogP contribution in [0.5, 0.6) is 11.6 Å². The van der Waals surface area contributed by atoms with Crippen molar-refractivity contribution in [2.24, 2.45) is 0 Å². The largest absolute Gasteiger partial charge is 0.437 e. The lowest BCUT2D eigenvalue weighted by molar-refractivity contribution is 0.447. The van der Waals surface area contributed by atoms with Gasteiger partial charge in [-0.1, -0.05) is 33.6 Å². The fourth-order valence-electron chi connectivity index (χ4n) is 1.64. The van der Waals surface area contributed by atoms with Crippen LogP contribution in [-0.4, -0.2) is 12.0 Å². The molecule has 1 atom stereocenters. The Hall–Kier alpha value is -1.10. The summed E-state index contributed by atoms with van der Waals surface area (Å²) in [5.41, 5.74) is 0.990. The molecular formula is C14H14BrClN2O. The zero-order valence-corrected chi connectivity index (χ0v) is 13.0. The van der Waals surface area contributed by atoms with Gasteiger partial charge in [-0.05, 0) is 38.2 Å². The maximum Gasteiger partial charge on any atom is 0.224 e. The maximum absolute atomic E-state index is 6.15. The first kappa shape index (κ1) is 14.3. The standard InChI is InChI=1S/C14H14BrClN2O/c1-9(17-2)11-4-3-7-18-14(11)19-13-6-5-10(15)8-12(13)16/h3-9,17H,1-2H3. The monoisotopic (exact) mass is 340 g/mol. The van der Waals surface area contributed by atoms with Crippen LogP contribution in [-0.2, 0) is 0 Å². The third-order valence-electron chi connectivity index (χ3n) is 2.80. The predicted molar refractivity (Wildman–Crippen MR) is 80.9 cm³/mol. The summed E-state index contributed by atoms with van der Waals surface area (Å²) in [6.07, 6.45) is 1.70. The van der Waals surface area contributed by atoms with Gasteiger partial charge in [0, 0.05) is 22.3 Å². The van der Waals surface area contributed by atoms with Crippen LogP contribution in [0.25, 0.3) is 0 Å². The molecule has 1 N–H and O–H groups in total. The summed E-state index contributed by atoms with van der Waals surface area (Å²) in [7, 11) is 1.90. The Morgan fingerprint density at radius 3 is 2.84 bits per heavy atom. The van der Waals surface area contributed by atoms with Crippen LogP contribution >= 0.6 is 27.5 Å². The Morgan fingerprint density at radius 1 is 1.37 bits per heavy atom. The molecule has 0 saturated heterocycles. The lowest BCUT2D eigenvalue weighted by Crippen LogP contribution is -2.13. The van der Waals surface area contributed by atoms with Gasteiger partial charge in [0.2, 0.25) is 5.88 Å². The van der Waals surface area contributed by atoms with Crippen molar-refractivity contribution < 1.29 is 4.74 Å². The Bertz CT molecular complexity index is 577. The molecule has 2 aromatic rings. The quantitative estimate of drug-likeness (QED) is 0.884. The van der Waals surface area contributed by atoms with Crippen molar-refractivity contribution >= 4 is 27.5 Å². The van der Waals surface area contributed by atoms with Crippen molar-refractivity contribution in [1.82, 2.24) is 10.3 Å². The molecule has 1 heterocycles. The highest BCUT2D eigenvalue weighted by molar-refractivity contribution is 9.10. The maximum atomic E-state index is 6.15. The van der Waals surface area contributed by atoms with Gasteiger partial charge < -0.3 is 10.1 Å². The molecule has 0 bridgehead atoms. The molecule has 0 fully saturated rings. The van der Waals surface area contributed by atoms with Gasteiger partial charge in [-0.15, -0.1) is 0 Å². The molecule has 0 aliphatic heterocycles. The number of hydrogen-bond donors (Lipinski definition) is 1. The minimum atomic E-state index is 0.151. The topological polar surface area (TPSA) is 34.2 Å². The molecule has 0 spiro atoms. The minimum Gasteiger partial charge on any atom is -0.437 e. The van der Waals surface area contributed by atoms with Crippen LogP contribution in [0.2, 0.25) is 5.02 Å². The second kappa shape index (κ2) is 6.37. The van der Waals surface area contributed by atoms with E-state index in [9.17, 15) is 0 Å². The normalized spacial score (nSPS) is 12.2. The van der Waals surface area contributed by atoms with Crippen molar-refractivity contribution in [3.8, 4) is 11.6 Å². The molecular weight excluding hydrogens is 328 g/mol. The van der Waals surface area contributed by atoms with Gasteiger partial charge in [0.25, 0.3) is 0 Å². The Kier molecular flexibility index (Phi) is 4.80. The van der Waals surface area contributed by atoms with Crippen LogP contribution in [0.4, 0.5) is 0 Å². The van der Waals surface area contributed by atoms with E-state index >= 15 is 0 Å². The summed E-state index contributed by atoms with van der Waals surface area (Å²) in [5.74, 6) is 1.15. The lowest BCUT2D eigenvalue weighted by atomic mass is 10.1. The van der Waals surface area contributed by atoms with Gasteiger partial charge >= 0.3 is 0 Å². The van der Waals surface area contributed by atoms with Crippen LogP contribution in [0.1, 0.15) is 18.5 Å². The molecule has 100 valence electrons. The molecule has 0 amide bonds. The van der Waals surface area contributed by atoms with E-state index in [1.54, 1.807) is 12.3 Å². The number of rotatable bonds is 4. The van der Waals surface area contributed by atoms with Crippen molar-refractivity contribution in [3.63, 3.8) is 0 Å². The van der Waals surface area contributed by atoms with E-state index in [0.717, 1.165) is 10.0 Å². The predicted octanol–water partition coefficient (Wildman–Crippen LogP) is 4.57. The van der Waals surface area contributed by atoms with E-state index in [1.165, 1.54) is 0 Å². The summed E-state index contributed by atoms with van der Waals surface area (Å²) in [6.45, 7) is 2.05. The first-order valence-electron chi connectivity index (χ1n) is 5.87. The van der Waals surface area contributed by atoms with Gasteiger partial charge in [0.1, 0.15) is 5.75 Å². The highest BCUT2D eigenvalue weighted by atomic mass is 79.9. The summed E-state index contributed by atoms with van der Waals surface area (Å²) >= 11 is 9.51. The Balaban J connectivity index is 2.33. The highest BCUT2D eigenvalue weighted by Gasteiger charge is 2.13. The smallest absolute Gasteiger partial charge is 0.224 e. The number of benzene rings is 1. The molecule has 1 unspecified atom stereocenters. The molecule has 2 rings (SSSR count). The zero-order valence-electron chi connectivity index (χ0n) is 10.7. The van der Waals surface area contributed by atoms with Crippen molar-refractivity contribution in [2.45, 2.75) is 13.0 Å². The fraction of sp³-hybridized carbons (Fsp3) is 0.214. The van der Waals surface area contributed by atoms with Crippen LogP contribution in [0.3, 0.4) is 0 Å². The molecule has 1 aromatic carbocycles. The van der Waals surface area contributed by atoms with E-state index in [4.69, 9.17) is 16.3 Å². The van der Waals surface area contributed by atoms with E-state index in [1.807, 2.05) is 38.2 Å². The second-order valence-electron chi connectivity index (χ2n) is 4.08. The zero-order chi connectivity index (χ0) is 13.8. The SMILES string of the molecule is CNC(C)c1cccnc1Oc1ccc(Br)cc1Cl. The summed E-state index contributed by atoms with van der Waals surface area (Å²) in [6, 6.07) is 9.51. The number of nitrogens with zero attached hydrogens (tertiary/aromatic N) is 1. The van der Waals surface area contributed by atoms with Gasteiger partial charge in [0.15, 0.2) is 0 Å². The van der Waals surface area contributed by atoms with E-state index < -0.39 is 0 Å². The molecule has 0 saturated carbocycles. The number of hydrogen-bond acceptors (Lipinski definition) is 3. The van der Waals surface area contributed by atoms with Crippen LogP contribution < -0.4 is 10.1 Å². The van der Waals surface area contributed by atoms with Crippen molar-refractivity contribution in [2.75, 3.05) is 7.05 Å². The number of ether oxygens (including phenoxy) is 1. The van der Waals surface area contributed by atoms with Crippen molar-refractivity contribution in [1.29, 1.82) is 0 Å². The second-order valence-corrected chi connectivity index (χ2v) is 5.41. The number of nitrogens with one attached hydrogen (secondary N) is 1. The van der Waals surface area contributed by atoms with Crippen LogP contribution in [0.15, 0.2) is 41.0 Å². The fourth-order valence-corrected chi connectivity index (χ4v) is 2.35. The average molecular weight is 342 g/mol. The molecule has 5 heteroatoms. The van der Waals surface area contributed by atoms with E-state index in [-0.39, 0.29) is 6.04 Å². The number of halogens is 2. The average Bonchev–Trinajstić information content (AvgIpc) is 2.41. The summed E-state index contributed by atoms with van der Waals surface area (Å²) in [4.78, 5) is 4.27. The lowest BCUT2D eigenvalue weighted by Gasteiger charge is -2.15. The van der Waals surface area contributed by atoms with Gasteiger partial charge in [-0.2, -0.15) is 0 Å². The Labute approximate surface area is 126 Å². The molecule has 0 radical (unpaired) electrons. The molecule has 3 nitrogen and oxygen atoms in total. The van der Waals surface area contributed by atoms with Crippen LogP contribution in [0, 0.1) is 0 Å². The number of pyridine rings is 1. The number of aromatic nitrogens is 1. The van der Waals surface area contributed by atoms with Gasteiger partial charge in [-0.3, -0.25) is 0 Å².